The van der Waals surface area contributed by atoms with Gasteiger partial charge < -0.3 is 5.32 Å². The first-order valence-corrected chi connectivity index (χ1v) is 6.94. The molecule has 2 saturated carbocycles. The third kappa shape index (κ3) is 3.84. The van der Waals surface area contributed by atoms with Crippen molar-refractivity contribution in [3.8, 4) is 0 Å². The summed E-state index contributed by atoms with van der Waals surface area (Å²) in [6.45, 7) is 2.25. The van der Waals surface area contributed by atoms with Gasteiger partial charge in [-0.15, -0.1) is 0 Å². The van der Waals surface area contributed by atoms with E-state index in [9.17, 15) is 4.79 Å². The molecule has 2 fully saturated rings. The molecular formula is C12H21N3OS. The van der Waals surface area contributed by atoms with Crippen molar-refractivity contribution in [2.75, 3.05) is 0 Å². The molecule has 96 valence electrons. The molecule has 0 bridgehead atoms. The van der Waals surface area contributed by atoms with Gasteiger partial charge >= 0.3 is 0 Å². The van der Waals surface area contributed by atoms with Crippen LogP contribution in [0.25, 0.3) is 0 Å². The Morgan fingerprint density at radius 1 is 1.12 bits per heavy atom. The molecule has 17 heavy (non-hydrogen) atoms. The van der Waals surface area contributed by atoms with Crippen molar-refractivity contribution in [3.05, 3.63) is 0 Å². The van der Waals surface area contributed by atoms with Gasteiger partial charge in [0.25, 0.3) is 0 Å². The van der Waals surface area contributed by atoms with Crippen LogP contribution in [0.5, 0.6) is 0 Å². The van der Waals surface area contributed by atoms with E-state index in [2.05, 4.69) is 23.1 Å². The molecule has 0 aliphatic heterocycles. The molecular weight excluding hydrogens is 234 g/mol. The van der Waals surface area contributed by atoms with E-state index in [4.69, 9.17) is 12.2 Å². The van der Waals surface area contributed by atoms with Crippen molar-refractivity contribution in [3.63, 3.8) is 0 Å². The second-order valence-electron chi connectivity index (χ2n) is 5.23. The summed E-state index contributed by atoms with van der Waals surface area (Å²) >= 11 is 5.18. The molecule has 0 unspecified atom stereocenters. The predicted octanol–water partition coefficient (Wildman–Crippen LogP) is 1.47. The average Bonchev–Trinajstić information content (AvgIpc) is 3.13. The average molecular weight is 255 g/mol. The molecule has 0 aromatic heterocycles. The topological polar surface area (TPSA) is 53.2 Å². The lowest BCUT2D eigenvalue weighted by atomic mass is 9.86. The molecule has 2 aliphatic rings. The van der Waals surface area contributed by atoms with E-state index in [1.165, 1.54) is 25.7 Å². The first-order chi connectivity index (χ1) is 8.16. The van der Waals surface area contributed by atoms with Gasteiger partial charge in [0, 0.05) is 12.0 Å². The first kappa shape index (κ1) is 12.6. The minimum absolute atomic E-state index is 0.0610. The number of carbonyl (C=O) groups is 1. The van der Waals surface area contributed by atoms with E-state index >= 15 is 0 Å². The molecule has 5 heteroatoms. The molecule has 0 radical (unpaired) electrons. The van der Waals surface area contributed by atoms with Crippen LogP contribution < -0.4 is 16.2 Å². The number of hydrazine groups is 1. The maximum Gasteiger partial charge on any atom is 0.241 e. The lowest BCUT2D eigenvalue weighted by molar-refractivity contribution is -0.122. The normalized spacial score (nSPS) is 28.3. The van der Waals surface area contributed by atoms with Gasteiger partial charge in [0.1, 0.15) is 0 Å². The molecule has 2 rings (SSSR count). The van der Waals surface area contributed by atoms with E-state index < -0.39 is 0 Å². The molecule has 0 spiro atoms. The molecule has 4 nitrogen and oxygen atoms in total. The highest BCUT2D eigenvalue weighted by Gasteiger charge is 2.29. The Morgan fingerprint density at radius 3 is 2.47 bits per heavy atom. The van der Waals surface area contributed by atoms with Crippen LogP contribution in [-0.4, -0.2) is 17.1 Å². The highest BCUT2D eigenvalue weighted by molar-refractivity contribution is 7.80. The van der Waals surface area contributed by atoms with E-state index in [1.54, 1.807) is 0 Å². The Labute approximate surface area is 108 Å². The van der Waals surface area contributed by atoms with Gasteiger partial charge in [-0.25, -0.2) is 0 Å². The molecule has 1 amide bonds. The summed E-state index contributed by atoms with van der Waals surface area (Å²) in [5.74, 6) is 0.924. The molecule has 0 aromatic rings. The second kappa shape index (κ2) is 5.67. The Bertz CT molecular complexity index is 304. The zero-order valence-electron chi connectivity index (χ0n) is 10.3. The molecule has 0 aromatic carbocycles. The van der Waals surface area contributed by atoms with Gasteiger partial charge in [-0.2, -0.15) is 0 Å². The van der Waals surface area contributed by atoms with Crippen LogP contribution in [0.2, 0.25) is 0 Å². The lowest BCUT2D eigenvalue weighted by Gasteiger charge is -2.30. The fourth-order valence-electron chi connectivity index (χ4n) is 2.30. The number of rotatable bonds is 2. The number of thiocarbonyl (C=S) groups is 1. The molecule has 0 saturated heterocycles. The van der Waals surface area contributed by atoms with Crippen molar-refractivity contribution in [2.24, 2.45) is 11.8 Å². The summed E-state index contributed by atoms with van der Waals surface area (Å²) in [5, 5.41) is 3.83. The van der Waals surface area contributed by atoms with Crippen LogP contribution in [0.4, 0.5) is 0 Å². The standard InChI is InChI=1S/C12H21N3OS/c1-8-4-2-3-5-10(8)13-12(17)15-14-11(16)9-6-7-9/h8-10H,2-7H2,1H3,(H,14,16)(H2,13,15,17)/t8-,10+/m1/s1. The van der Waals surface area contributed by atoms with Crippen LogP contribution in [0.15, 0.2) is 0 Å². The van der Waals surface area contributed by atoms with Crippen LogP contribution >= 0.6 is 12.2 Å². The minimum atomic E-state index is 0.0610. The van der Waals surface area contributed by atoms with Gasteiger partial charge in [-0.05, 0) is 43.8 Å². The molecule has 2 aliphatic carbocycles. The number of hydrogen-bond acceptors (Lipinski definition) is 2. The Morgan fingerprint density at radius 2 is 1.82 bits per heavy atom. The molecule has 3 N–H and O–H groups in total. The van der Waals surface area contributed by atoms with Gasteiger partial charge in [0.2, 0.25) is 5.91 Å². The summed E-state index contributed by atoms with van der Waals surface area (Å²) in [6, 6.07) is 0.446. The lowest BCUT2D eigenvalue weighted by Crippen LogP contribution is -2.51. The third-order valence-corrected chi connectivity index (χ3v) is 3.90. The van der Waals surface area contributed by atoms with Gasteiger partial charge in [-0.1, -0.05) is 19.8 Å². The Balaban J connectivity index is 1.67. The number of hydrogen-bond donors (Lipinski definition) is 3. The van der Waals surface area contributed by atoms with Crippen molar-refractivity contribution in [2.45, 2.75) is 51.5 Å². The second-order valence-corrected chi connectivity index (χ2v) is 5.64. The minimum Gasteiger partial charge on any atom is -0.358 e. The van der Waals surface area contributed by atoms with Crippen LogP contribution in [0.1, 0.15) is 45.4 Å². The predicted molar refractivity (Wildman–Crippen MR) is 71.2 cm³/mol. The number of nitrogens with one attached hydrogen (secondary N) is 3. The Kier molecular flexibility index (Phi) is 4.20. The van der Waals surface area contributed by atoms with Gasteiger partial charge in [0.05, 0.1) is 0 Å². The van der Waals surface area contributed by atoms with Crippen LogP contribution in [-0.2, 0) is 4.79 Å². The van der Waals surface area contributed by atoms with E-state index in [-0.39, 0.29) is 11.8 Å². The van der Waals surface area contributed by atoms with Crippen LogP contribution in [0.3, 0.4) is 0 Å². The Hall–Kier alpha value is -0.840. The summed E-state index contributed by atoms with van der Waals surface area (Å²) in [4.78, 5) is 11.4. The molecule has 2 atom stereocenters. The SMILES string of the molecule is C[C@@H]1CCCC[C@@H]1NC(=S)NNC(=O)C1CC1. The maximum absolute atomic E-state index is 11.4. The van der Waals surface area contributed by atoms with E-state index in [0.717, 1.165) is 12.8 Å². The first-order valence-electron chi connectivity index (χ1n) is 6.53. The number of carbonyl (C=O) groups excluding carboxylic acids is 1. The van der Waals surface area contributed by atoms with Crippen molar-refractivity contribution < 1.29 is 4.79 Å². The number of amides is 1. The zero-order valence-corrected chi connectivity index (χ0v) is 11.1. The van der Waals surface area contributed by atoms with Gasteiger partial charge in [-0.3, -0.25) is 15.6 Å². The van der Waals surface area contributed by atoms with Crippen molar-refractivity contribution in [1.29, 1.82) is 0 Å². The highest BCUT2D eigenvalue weighted by atomic mass is 32.1. The van der Waals surface area contributed by atoms with Crippen LogP contribution in [0, 0.1) is 11.8 Å². The van der Waals surface area contributed by atoms with E-state index in [0.29, 0.717) is 17.1 Å². The molecule has 0 heterocycles. The monoisotopic (exact) mass is 255 g/mol. The fourth-order valence-corrected chi connectivity index (χ4v) is 2.50. The van der Waals surface area contributed by atoms with Crippen molar-refractivity contribution >= 4 is 23.2 Å². The summed E-state index contributed by atoms with van der Waals surface area (Å²) in [5.41, 5.74) is 5.45. The van der Waals surface area contributed by atoms with Gasteiger partial charge in [0.15, 0.2) is 5.11 Å². The third-order valence-electron chi connectivity index (χ3n) is 3.68. The van der Waals surface area contributed by atoms with Crippen molar-refractivity contribution in [1.82, 2.24) is 16.2 Å². The zero-order chi connectivity index (χ0) is 12.3. The summed E-state index contributed by atoms with van der Waals surface area (Å²) in [7, 11) is 0. The quantitative estimate of drug-likeness (QED) is 0.517. The fraction of sp³-hybridized carbons (Fsp3) is 0.833. The summed E-state index contributed by atoms with van der Waals surface area (Å²) in [6.07, 6.45) is 7.02. The smallest absolute Gasteiger partial charge is 0.241 e. The summed E-state index contributed by atoms with van der Waals surface area (Å²) < 4.78 is 0. The largest absolute Gasteiger partial charge is 0.358 e. The highest BCUT2D eigenvalue weighted by Crippen LogP contribution is 2.28. The maximum atomic E-state index is 11.4. The van der Waals surface area contributed by atoms with E-state index in [1.807, 2.05) is 0 Å².